The molecule has 0 rings (SSSR count). The van der Waals surface area contributed by atoms with E-state index >= 15 is 0 Å². The maximum absolute atomic E-state index is 11.2. The van der Waals surface area contributed by atoms with Gasteiger partial charge >= 0.3 is 5.97 Å². The second-order valence-corrected chi connectivity index (χ2v) is 11.2. The zero-order valence-electron chi connectivity index (χ0n) is 11.5. The van der Waals surface area contributed by atoms with E-state index in [1.807, 2.05) is 0 Å². The van der Waals surface area contributed by atoms with E-state index in [0.29, 0.717) is 0 Å². The van der Waals surface area contributed by atoms with E-state index in [0.717, 1.165) is 32.1 Å². The number of aliphatic carboxylic acids is 1. The van der Waals surface area contributed by atoms with Gasteiger partial charge in [-0.3, -0.25) is 4.79 Å². The summed E-state index contributed by atoms with van der Waals surface area (Å²) in [5.41, 5.74) is -0.0896. The molecule has 17 heavy (non-hydrogen) atoms. The Morgan fingerprint density at radius 3 is 2.18 bits per heavy atom. The van der Waals surface area contributed by atoms with Gasteiger partial charge in [0.05, 0.1) is 13.6 Å². The van der Waals surface area contributed by atoms with Crippen LogP contribution in [0.4, 0.5) is 0 Å². The first kappa shape index (κ1) is 16.2. The summed E-state index contributed by atoms with van der Waals surface area (Å²) in [6.07, 6.45) is 12.5. The van der Waals surface area contributed by atoms with Gasteiger partial charge < -0.3 is 5.11 Å². The Morgan fingerprint density at radius 2 is 1.71 bits per heavy atom. The lowest BCUT2D eigenvalue weighted by atomic mass is 10.1. The lowest BCUT2D eigenvalue weighted by Gasteiger charge is -2.24. The highest BCUT2D eigenvalue weighted by atomic mass is 28.3. The van der Waals surface area contributed by atoms with Crippen LogP contribution in [0.1, 0.15) is 44.9 Å². The van der Waals surface area contributed by atoms with E-state index in [1.54, 1.807) is 0 Å². The van der Waals surface area contributed by atoms with Crippen LogP contribution in [-0.4, -0.2) is 19.1 Å². The van der Waals surface area contributed by atoms with Gasteiger partial charge in [-0.15, -0.1) is 12.3 Å². The zero-order chi connectivity index (χ0) is 13.3. The minimum absolute atomic E-state index is 0.0896. The number of unbranched alkanes of at least 4 members (excludes halogenated alkanes) is 5. The lowest BCUT2D eigenvalue weighted by Crippen LogP contribution is -2.33. The van der Waals surface area contributed by atoms with Gasteiger partial charge in [-0.25, -0.2) is 0 Å². The fourth-order valence-corrected chi connectivity index (χ4v) is 3.84. The Morgan fingerprint density at radius 1 is 1.18 bits per heavy atom. The van der Waals surface area contributed by atoms with Crippen molar-refractivity contribution in [3.8, 4) is 12.3 Å². The average molecular weight is 254 g/mol. The molecule has 1 atom stereocenters. The molecule has 0 heterocycles. The summed E-state index contributed by atoms with van der Waals surface area (Å²) < 4.78 is 0. The highest BCUT2D eigenvalue weighted by molar-refractivity contribution is 6.80. The molecule has 0 aromatic heterocycles. The molecule has 0 aromatic carbocycles. The molecule has 0 bridgehead atoms. The SMILES string of the molecule is C#CCCCCCCCC(C(=O)O)[Si](C)(C)C. The van der Waals surface area contributed by atoms with Crippen LogP contribution in [-0.2, 0) is 4.79 Å². The number of carboxylic acid groups (broad SMARTS) is 1. The molecule has 0 saturated carbocycles. The van der Waals surface area contributed by atoms with Crippen molar-refractivity contribution in [1.29, 1.82) is 0 Å². The smallest absolute Gasteiger partial charge is 0.303 e. The van der Waals surface area contributed by atoms with E-state index in [-0.39, 0.29) is 5.54 Å². The number of carbonyl (C=O) groups is 1. The summed E-state index contributed by atoms with van der Waals surface area (Å²) >= 11 is 0. The van der Waals surface area contributed by atoms with Gasteiger partial charge in [-0.1, -0.05) is 45.3 Å². The first-order valence-electron chi connectivity index (χ1n) is 6.56. The molecule has 0 fully saturated rings. The molecular weight excluding hydrogens is 228 g/mol. The monoisotopic (exact) mass is 254 g/mol. The molecule has 1 N–H and O–H groups in total. The number of carboxylic acids is 1. The largest absolute Gasteiger partial charge is 0.481 e. The molecule has 98 valence electrons. The first-order chi connectivity index (χ1) is 7.89. The molecule has 0 amide bonds. The van der Waals surface area contributed by atoms with Crippen molar-refractivity contribution in [1.82, 2.24) is 0 Å². The third kappa shape index (κ3) is 8.04. The standard InChI is InChI=1S/C14H26O2Si/c1-5-6-7-8-9-10-11-12-13(14(15)16)17(2,3)4/h1,13H,6-12H2,2-4H3,(H,15,16). The van der Waals surface area contributed by atoms with Crippen molar-refractivity contribution < 1.29 is 9.90 Å². The number of terminal acetylenes is 1. The van der Waals surface area contributed by atoms with Crippen molar-refractivity contribution in [3.05, 3.63) is 0 Å². The van der Waals surface area contributed by atoms with Crippen molar-refractivity contribution in [2.24, 2.45) is 0 Å². The molecule has 2 nitrogen and oxygen atoms in total. The van der Waals surface area contributed by atoms with Crippen LogP contribution in [0.15, 0.2) is 0 Å². The normalized spacial score (nSPS) is 13.1. The minimum Gasteiger partial charge on any atom is -0.481 e. The summed E-state index contributed by atoms with van der Waals surface area (Å²) in [4.78, 5) is 11.2. The quantitative estimate of drug-likeness (QED) is 0.381. The summed E-state index contributed by atoms with van der Waals surface area (Å²) in [6.45, 7) is 6.41. The summed E-state index contributed by atoms with van der Waals surface area (Å²) in [5.74, 6) is 2.04. The van der Waals surface area contributed by atoms with E-state index in [1.165, 1.54) is 12.8 Å². The van der Waals surface area contributed by atoms with Gasteiger partial charge in [-0.05, 0) is 12.8 Å². The molecular formula is C14H26O2Si. The van der Waals surface area contributed by atoms with Crippen LogP contribution in [0.25, 0.3) is 0 Å². The summed E-state index contributed by atoms with van der Waals surface area (Å²) in [7, 11) is -1.56. The predicted octanol–water partition coefficient (Wildman–Crippen LogP) is 4.14. The number of rotatable bonds is 9. The molecule has 0 radical (unpaired) electrons. The van der Waals surface area contributed by atoms with Crippen LogP contribution in [0.3, 0.4) is 0 Å². The maximum atomic E-state index is 11.2. The van der Waals surface area contributed by atoms with Gasteiger partial charge in [0.25, 0.3) is 0 Å². The van der Waals surface area contributed by atoms with Crippen molar-refractivity contribution >= 4 is 14.0 Å². The topological polar surface area (TPSA) is 37.3 Å². The van der Waals surface area contributed by atoms with Crippen LogP contribution < -0.4 is 0 Å². The van der Waals surface area contributed by atoms with E-state index in [9.17, 15) is 9.90 Å². The lowest BCUT2D eigenvalue weighted by molar-refractivity contribution is -0.137. The van der Waals surface area contributed by atoms with Gasteiger partial charge in [0.2, 0.25) is 0 Å². The Balaban J connectivity index is 3.71. The fourth-order valence-electron chi connectivity index (χ4n) is 2.03. The average Bonchev–Trinajstić information content (AvgIpc) is 2.19. The van der Waals surface area contributed by atoms with Gasteiger partial charge in [0.15, 0.2) is 0 Å². The zero-order valence-corrected chi connectivity index (χ0v) is 12.5. The molecule has 0 spiro atoms. The molecule has 0 aliphatic heterocycles. The van der Waals surface area contributed by atoms with Crippen LogP contribution in [0, 0.1) is 12.3 Å². The van der Waals surface area contributed by atoms with Crippen LogP contribution >= 0.6 is 0 Å². The molecule has 0 aromatic rings. The first-order valence-corrected chi connectivity index (χ1v) is 10.1. The Bertz CT molecular complexity index is 260. The Kier molecular flexibility index (Phi) is 7.98. The van der Waals surface area contributed by atoms with Crippen molar-refractivity contribution in [2.45, 2.75) is 70.1 Å². The molecule has 0 saturated heterocycles. The second-order valence-electron chi connectivity index (χ2n) is 5.77. The number of hydrogen-bond acceptors (Lipinski definition) is 1. The third-order valence-corrected chi connectivity index (χ3v) is 5.78. The number of hydrogen-bond donors (Lipinski definition) is 1. The molecule has 3 heteroatoms. The minimum atomic E-state index is -1.56. The van der Waals surface area contributed by atoms with Gasteiger partial charge in [0.1, 0.15) is 0 Å². The van der Waals surface area contributed by atoms with Crippen molar-refractivity contribution in [3.63, 3.8) is 0 Å². The predicted molar refractivity (Wildman–Crippen MR) is 75.9 cm³/mol. The van der Waals surface area contributed by atoms with E-state index in [4.69, 9.17) is 6.42 Å². The molecule has 0 aliphatic rings. The second kappa shape index (κ2) is 8.35. The Labute approximate surface area is 107 Å². The third-order valence-electron chi connectivity index (χ3n) is 3.16. The fraction of sp³-hybridized carbons (Fsp3) is 0.786. The van der Waals surface area contributed by atoms with Crippen LogP contribution in [0.2, 0.25) is 25.2 Å². The Hall–Kier alpha value is -0.753. The summed E-state index contributed by atoms with van der Waals surface area (Å²) in [5, 5.41) is 9.19. The summed E-state index contributed by atoms with van der Waals surface area (Å²) in [6, 6.07) is 0. The van der Waals surface area contributed by atoms with Gasteiger partial charge in [-0.2, -0.15) is 0 Å². The van der Waals surface area contributed by atoms with Crippen molar-refractivity contribution in [2.75, 3.05) is 0 Å². The highest BCUT2D eigenvalue weighted by Crippen LogP contribution is 2.28. The highest BCUT2D eigenvalue weighted by Gasteiger charge is 2.31. The van der Waals surface area contributed by atoms with Gasteiger partial charge in [0, 0.05) is 6.42 Å². The van der Waals surface area contributed by atoms with E-state index < -0.39 is 14.0 Å². The van der Waals surface area contributed by atoms with E-state index in [2.05, 4.69) is 25.6 Å². The molecule has 0 aliphatic carbocycles. The maximum Gasteiger partial charge on any atom is 0.303 e. The molecule has 1 unspecified atom stereocenters. The van der Waals surface area contributed by atoms with Crippen LogP contribution in [0.5, 0.6) is 0 Å².